The Labute approximate surface area is 63.6 Å². The normalized spacial score (nSPS) is 18.3. The molecule has 2 heteroatoms. The Balaban J connectivity index is 0.000000640. The maximum Gasteiger partial charge on any atom is -0.00206 e. The molecular formula is C7H16ClN. The smallest absolute Gasteiger partial charge is 0.00206 e. The summed E-state index contributed by atoms with van der Waals surface area (Å²) >= 11 is 0. The molecule has 56 valence electrons. The van der Waals surface area contributed by atoms with Crippen molar-refractivity contribution in [3.8, 4) is 0 Å². The molecule has 1 saturated carbocycles. The summed E-state index contributed by atoms with van der Waals surface area (Å²) in [6, 6.07) is 0. The van der Waals surface area contributed by atoms with Crippen LogP contribution in [0.2, 0.25) is 0 Å². The van der Waals surface area contributed by atoms with E-state index in [-0.39, 0.29) is 12.4 Å². The third kappa shape index (κ3) is 3.07. The molecule has 9 heavy (non-hydrogen) atoms. The summed E-state index contributed by atoms with van der Waals surface area (Å²) in [6.45, 7) is 4.56. The van der Waals surface area contributed by atoms with Crippen molar-refractivity contribution in [2.75, 3.05) is 13.1 Å². The zero-order chi connectivity index (χ0) is 5.82. The predicted octanol–water partition coefficient (Wildman–Crippen LogP) is 1.82. The van der Waals surface area contributed by atoms with Gasteiger partial charge in [-0.25, -0.2) is 0 Å². The second-order valence-electron chi connectivity index (χ2n) is 2.60. The molecular weight excluding hydrogens is 134 g/mol. The Morgan fingerprint density at radius 1 is 1.44 bits per heavy atom. The lowest BCUT2D eigenvalue weighted by atomic mass is 9.85. The predicted molar refractivity (Wildman–Crippen MR) is 43.1 cm³/mol. The van der Waals surface area contributed by atoms with Gasteiger partial charge in [0.15, 0.2) is 0 Å². The van der Waals surface area contributed by atoms with Crippen LogP contribution in [0.15, 0.2) is 0 Å². The molecule has 0 aliphatic heterocycles. The van der Waals surface area contributed by atoms with Gasteiger partial charge in [0, 0.05) is 0 Å². The van der Waals surface area contributed by atoms with Crippen molar-refractivity contribution >= 4 is 12.4 Å². The molecule has 0 spiro atoms. The summed E-state index contributed by atoms with van der Waals surface area (Å²) in [5.74, 6) is 1.02. The van der Waals surface area contributed by atoms with Crippen molar-refractivity contribution in [2.45, 2.75) is 26.2 Å². The highest BCUT2D eigenvalue weighted by Crippen LogP contribution is 2.24. The standard InChI is InChI=1S/C7H15N.ClH/c1-2-8-6-7-4-3-5-7;/h7-8H,2-6H2,1H3;1H. The first-order valence-electron chi connectivity index (χ1n) is 3.64. The molecule has 0 aromatic rings. The first-order valence-corrected chi connectivity index (χ1v) is 3.64. The van der Waals surface area contributed by atoms with E-state index in [1.165, 1.54) is 25.8 Å². The van der Waals surface area contributed by atoms with Crippen LogP contribution in [0.3, 0.4) is 0 Å². The van der Waals surface area contributed by atoms with E-state index in [4.69, 9.17) is 0 Å². The van der Waals surface area contributed by atoms with Crippen LogP contribution < -0.4 is 5.32 Å². The van der Waals surface area contributed by atoms with Gasteiger partial charge in [0.05, 0.1) is 0 Å². The zero-order valence-electron chi connectivity index (χ0n) is 6.02. The molecule has 0 aromatic carbocycles. The minimum absolute atomic E-state index is 0. The highest BCUT2D eigenvalue weighted by atomic mass is 35.5. The third-order valence-corrected chi connectivity index (χ3v) is 1.91. The van der Waals surface area contributed by atoms with Crippen LogP contribution in [0.25, 0.3) is 0 Å². The molecule has 0 atom stereocenters. The summed E-state index contributed by atoms with van der Waals surface area (Å²) in [7, 11) is 0. The lowest BCUT2D eigenvalue weighted by Crippen LogP contribution is -2.26. The minimum Gasteiger partial charge on any atom is -0.317 e. The quantitative estimate of drug-likeness (QED) is 0.646. The van der Waals surface area contributed by atoms with Gasteiger partial charge in [-0.1, -0.05) is 13.3 Å². The lowest BCUT2D eigenvalue weighted by Gasteiger charge is -2.24. The monoisotopic (exact) mass is 149 g/mol. The third-order valence-electron chi connectivity index (χ3n) is 1.91. The van der Waals surface area contributed by atoms with Crippen molar-refractivity contribution in [1.82, 2.24) is 5.32 Å². The van der Waals surface area contributed by atoms with E-state index in [0.717, 1.165) is 12.5 Å². The molecule has 0 aromatic heterocycles. The Morgan fingerprint density at radius 3 is 2.44 bits per heavy atom. The molecule has 0 radical (unpaired) electrons. The number of hydrogen-bond acceptors (Lipinski definition) is 1. The van der Waals surface area contributed by atoms with Crippen molar-refractivity contribution in [2.24, 2.45) is 5.92 Å². The van der Waals surface area contributed by atoms with Crippen molar-refractivity contribution in [3.63, 3.8) is 0 Å². The average molecular weight is 150 g/mol. The number of hydrogen-bond donors (Lipinski definition) is 1. The summed E-state index contributed by atoms with van der Waals surface area (Å²) < 4.78 is 0. The molecule has 1 aliphatic carbocycles. The zero-order valence-corrected chi connectivity index (χ0v) is 6.84. The molecule has 1 rings (SSSR count). The fourth-order valence-electron chi connectivity index (χ4n) is 1.05. The first-order chi connectivity index (χ1) is 3.93. The van der Waals surface area contributed by atoms with Crippen molar-refractivity contribution < 1.29 is 0 Å². The maximum atomic E-state index is 3.35. The van der Waals surface area contributed by atoms with Gasteiger partial charge >= 0.3 is 0 Å². The molecule has 0 saturated heterocycles. The molecule has 1 N–H and O–H groups in total. The van der Waals surface area contributed by atoms with Crippen LogP contribution in [0, 0.1) is 5.92 Å². The fraction of sp³-hybridized carbons (Fsp3) is 1.00. The molecule has 0 unspecified atom stereocenters. The number of rotatable bonds is 3. The summed E-state index contributed by atoms with van der Waals surface area (Å²) in [6.07, 6.45) is 4.40. The highest BCUT2D eigenvalue weighted by molar-refractivity contribution is 5.85. The average Bonchev–Trinajstić information content (AvgIpc) is 1.63. The van der Waals surface area contributed by atoms with Gasteiger partial charge < -0.3 is 5.32 Å². The Hall–Kier alpha value is 0.250. The summed E-state index contributed by atoms with van der Waals surface area (Å²) in [5.41, 5.74) is 0. The van der Waals surface area contributed by atoms with Crippen LogP contribution in [0.1, 0.15) is 26.2 Å². The van der Waals surface area contributed by atoms with Crippen molar-refractivity contribution in [3.05, 3.63) is 0 Å². The highest BCUT2D eigenvalue weighted by Gasteiger charge is 2.15. The van der Waals surface area contributed by atoms with Gasteiger partial charge in [-0.15, -0.1) is 12.4 Å². The SMILES string of the molecule is CCNCC1CCC1.Cl. The Morgan fingerprint density at radius 2 is 2.11 bits per heavy atom. The molecule has 0 heterocycles. The van der Waals surface area contributed by atoms with E-state index in [1.54, 1.807) is 0 Å². The molecule has 0 bridgehead atoms. The van der Waals surface area contributed by atoms with Gasteiger partial charge in [-0.2, -0.15) is 0 Å². The first kappa shape index (κ1) is 9.25. The van der Waals surface area contributed by atoms with Gasteiger partial charge in [0.25, 0.3) is 0 Å². The summed E-state index contributed by atoms with van der Waals surface area (Å²) in [4.78, 5) is 0. The molecule has 0 amide bonds. The maximum absolute atomic E-state index is 3.35. The lowest BCUT2D eigenvalue weighted by molar-refractivity contribution is 0.304. The van der Waals surface area contributed by atoms with E-state index >= 15 is 0 Å². The van der Waals surface area contributed by atoms with Crippen LogP contribution in [-0.4, -0.2) is 13.1 Å². The van der Waals surface area contributed by atoms with E-state index in [9.17, 15) is 0 Å². The number of nitrogens with one attached hydrogen (secondary N) is 1. The van der Waals surface area contributed by atoms with Crippen molar-refractivity contribution in [1.29, 1.82) is 0 Å². The van der Waals surface area contributed by atoms with E-state index in [0.29, 0.717) is 0 Å². The second-order valence-corrected chi connectivity index (χ2v) is 2.60. The fourth-order valence-corrected chi connectivity index (χ4v) is 1.05. The second kappa shape index (κ2) is 5.07. The molecule has 1 fully saturated rings. The van der Waals surface area contributed by atoms with Crippen LogP contribution in [-0.2, 0) is 0 Å². The van der Waals surface area contributed by atoms with Crippen LogP contribution >= 0.6 is 12.4 Å². The molecule has 1 nitrogen and oxygen atoms in total. The van der Waals surface area contributed by atoms with Crippen LogP contribution in [0.5, 0.6) is 0 Å². The molecule has 1 aliphatic rings. The number of halogens is 1. The van der Waals surface area contributed by atoms with E-state index in [2.05, 4.69) is 12.2 Å². The van der Waals surface area contributed by atoms with E-state index in [1.807, 2.05) is 0 Å². The largest absolute Gasteiger partial charge is 0.317 e. The van der Waals surface area contributed by atoms with Gasteiger partial charge in [0.2, 0.25) is 0 Å². The van der Waals surface area contributed by atoms with Crippen LogP contribution in [0.4, 0.5) is 0 Å². The van der Waals surface area contributed by atoms with Gasteiger partial charge in [-0.05, 0) is 31.8 Å². The summed E-state index contributed by atoms with van der Waals surface area (Å²) in [5, 5.41) is 3.35. The van der Waals surface area contributed by atoms with Gasteiger partial charge in [-0.3, -0.25) is 0 Å². The minimum atomic E-state index is 0. The topological polar surface area (TPSA) is 12.0 Å². The van der Waals surface area contributed by atoms with Gasteiger partial charge in [0.1, 0.15) is 0 Å². The van der Waals surface area contributed by atoms with E-state index < -0.39 is 0 Å². The Bertz CT molecular complexity index is 61.9. The Kier molecular flexibility index (Phi) is 5.21.